The largest absolute Gasteiger partial charge is 0.360 e. The number of aryl methyl sites for hydroxylation is 1. The Morgan fingerprint density at radius 3 is 2.88 bits per heavy atom. The molecule has 1 aliphatic carbocycles. The smallest absolute Gasteiger partial charge is 0.246 e. The first-order valence-corrected chi connectivity index (χ1v) is 12.4. The monoisotopic (exact) mass is 478 g/mol. The third-order valence-electron chi connectivity index (χ3n) is 7.13. The number of nitrogens with one attached hydrogen (secondary N) is 2. The van der Waals surface area contributed by atoms with Crippen LogP contribution < -0.4 is 5.32 Å². The summed E-state index contributed by atoms with van der Waals surface area (Å²) < 4.78 is 0. The molecule has 1 saturated heterocycles. The van der Waals surface area contributed by atoms with E-state index in [1.807, 2.05) is 11.1 Å². The van der Waals surface area contributed by atoms with Crippen LogP contribution in [0.1, 0.15) is 31.2 Å². The number of amides is 1. The van der Waals surface area contributed by atoms with Gasteiger partial charge in [0.2, 0.25) is 11.9 Å². The van der Waals surface area contributed by atoms with Gasteiger partial charge in [-0.05, 0) is 50.8 Å². The normalized spacial score (nSPS) is 21.5. The molecule has 2 aliphatic rings. The number of fused-ring (bicyclic) bond motifs is 1. The number of benzene rings is 1. The first-order valence-electron chi connectivity index (χ1n) is 12.0. The highest BCUT2D eigenvalue weighted by molar-refractivity contribution is 6.33. The maximum Gasteiger partial charge on any atom is 0.246 e. The molecule has 3 heterocycles. The quantitative estimate of drug-likeness (QED) is 0.522. The van der Waals surface area contributed by atoms with Gasteiger partial charge in [-0.1, -0.05) is 29.8 Å². The van der Waals surface area contributed by atoms with E-state index in [9.17, 15) is 4.79 Å². The molecular formula is C26H31ClN6O. The van der Waals surface area contributed by atoms with Crippen LogP contribution in [0.15, 0.2) is 43.2 Å². The molecule has 0 unspecified atom stereocenters. The van der Waals surface area contributed by atoms with E-state index in [4.69, 9.17) is 16.6 Å². The number of aromatic amines is 1. The lowest BCUT2D eigenvalue weighted by molar-refractivity contribution is -0.128. The molecule has 0 spiro atoms. The molecule has 1 amide bonds. The molecule has 0 bridgehead atoms. The number of aromatic nitrogens is 3. The second-order valence-electron chi connectivity index (χ2n) is 9.37. The number of hydrogen-bond acceptors (Lipinski definition) is 5. The zero-order chi connectivity index (χ0) is 23.7. The maximum atomic E-state index is 11.9. The first kappa shape index (κ1) is 22.9. The number of piperazine rings is 1. The average molecular weight is 479 g/mol. The first-order chi connectivity index (χ1) is 16.5. The molecule has 1 saturated carbocycles. The van der Waals surface area contributed by atoms with Crippen molar-refractivity contribution in [2.24, 2.45) is 0 Å². The van der Waals surface area contributed by atoms with E-state index in [1.165, 1.54) is 18.1 Å². The van der Waals surface area contributed by atoms with Crippen LogP contribution in [0.5, 0.6) is 0 Å². The second-order valence-corrected chi connectivity index (χ2v) is 9.78. The predicted octanol–water partition coefficient (Wildman–Crippen LogP) is 4.64. The number of rotatable bonds is 5. The van der Waals surface area contributed by atoms with Crippen molar-refractivity contribution in [2.75, 3.05) is 31.5 Å². The maximum absolute atomic E-state index is 11.9. The highest BCUT2D eigenvalue weighted by atomic mass is 35.5. The van der Waals surface area contributed by atoms with Crippen molar-refractivity contribution in [3.05, 3.63) is 53.8 Å². The molecule has 1 aromatic carbocycles. The van der Waals surface area contributed by atoms with Crippen molar-refractivity contribution in [3.8, 4) is 11.3 Å². The Hall–Kier alpha value is -2.90. The summed E-state index contributed by atoms with van der Waals surface area (Å²) in [5.74, 6) is 0.650. The Labute approximate surface area is 205 Å². The number of H-pyrrole nitrogens is 1. The lowest BCUT2D eigenvalue weighted by Crippen LogP contribution is -2.53. The minimum absolute atomic E-state index is 0.0314. The summed E-state index contributed by atoms with van der Waals surface area (Å²) >= 11 is 6.53. The number of nitrogens with zero attached hydrogens (tertiary/aromatic N) is 4. The van der Waals surface area contributed by atoms with Crippen LogP contribution in [-0.2, 0) is 4.79 Å². The number of carbonyl (C=O) groups excluding carboxylic acids is 1. The highest BCUT2D eigenvalue weighted by Gasteiger charge is 2.30. The molecule has 8 heteroatoms. The van der Waals surface area contributed by atoms with Crippen molar-refractivity contribution in [3.63, 3.8) is 0 Å². The van der Waals surface area contributed by atoms with Crippen molar-refractivity contribution < 1.29 is 4.79 Å². The van der Waals surface area contributed by atoms with Crippen LogP contribution in [0.3, 0.4) is 0 Å². The van der Waals surface area contributed by atoms with Crippen molar-refractivity contribution in [1.29, 1.82) is 0 Å². The topological polar surface area (TPSA) is 77.2 Å². The van der Waals surface area contributed by atoms with E-state index >= 15 is 0 Å². The lowest BCUT2D eigenvalue weighted by Gasteiger charge is -2.42. The van der Waals surface area contributed by atoms with E-state index in [1.54, 1.807) is 6.20 Å². The average Bonchev–Trinajstić information content (AvgIpc) is 3.28. The van der Waals surface area contributed by atoms with Crippen LogP contribution in [-0.4, -0.2) is 68.9 Å². The van der Waals surface area contributed by atoms with Crippen LogP contribution >= 0.6 is 11.6 Å². The summed E-state index contributed by atoms with van der Waals surface area (Å²) in [5.41, 5.74) is 3.99. The SMILES string of the molecule is C=CC(=O)N1CCN([C@H]2CCC[C@@H](Nc3ncc(Cl)c(-c4c[nH]c5ccc(C)cc45)n3)C2)CC1. The van der Waals surface area contributed by atoms with Gasteiger partial charge >= 0.3 is 0 Å². The van der Waals surface area contributed by atoms with Gasteiger partial charge < -0.3 is 15.2 Å². The van der Waals surface area contributed by atoms with Gasteiger partial charge in [-0.3, -0.25) is 9.69 Å². The Bertz CT molecular complexity index is 1200. The zero-order valence-electron chi connectivity index (χ0n) is 19.6. The molecule has 1 aliphatic heterocycles. The molecule has 2 atom stereocenters. The van der Waals surface area contributed by atoms with Gasteiger partial charge in [0, 0.05) is 60.9 Å². The molecule has 34 heavy (non-hydrogen) atoms. The van der Waals surface area contributed by atoms with E-state index < -0.39 is 0 Å². The third-order valence-corrected chi connectivity index (χ3v) is 7.41. The number of anilines is 1. The third kappa shape index (κ3) is 4.68. The van der Waals surface area contributed by atoms with E-state index in [-0.39, 0.29) is 5.91 Å². The fraction of sp³-hybridized carbons (Fsp3) is 0.423. The van der Waals surface area contributed by atoms with Gasteiger partial charge in [0.15, 0.2) is 0 Å². The van der Waals surface area contributed by atoms with Crippen LogP contribution in [0.2, 0.25) is 5.02 Å². The summed E-state index contributed by atoms with van der Waals surface area (Å²) in [5, 5.41) is 5.23. The van der Waals surface area contributed by atoms with Crippen LogP contribution in [0.4, 0.5) is 5.95 Å². The van der Waals surface area contributed by atoms with Crippen LogP contribution in [0.25, 0.3) is 22.2 Å². The molecule has 0 radical (unpaired) electrons. The van der Waals surface area contributed by atoms with E-state index in [0.29, 0.717) is 23.1 Å². The van der Waals surface area contributed by atoms with Crippen LogP contribution in [0, 0.1) is 6.92 Å². The van der Waals surface area contributed by atoms with Gasteiger partial charge in [0.25, 0.3) is 0 Å². The Balaban J connectivity index is 1.28. The van der Waals surface area contributed by atoms with E-state index in [0.717, 1.165) is 67.6 Å². The summed E-state index contributed by atoms with van der Waals surface area (Å²) in [4.78, 5) is 28.9. The summed E-state index contributed by atoms with van der Waals surface area (Å²) in [7, 11) is 0. The molecule has 5 rings (SSSR count). The summed E-state index contributed by atoms with van der Waals surface area (Å²) in [6.07, 6.45) is 9.56. The second kappa shape index (κ2) is 9.76. The minimum Gasteiger partial charge on any atom is -0.360 e. The fourth-order valence-corrected chi connectivity index (χ4v) is 5.49. The molecule has 3 aromatic rings. The van der Waals surface area contributed by atoms with Gasteiger partial charge in [0.05, 0.1) is 16.9 Å². The van der Waals surface area contributed by atoms with Gasteiger partial charge in [-0.2, -0.15) is 0 Å². The Morgan fingerprint density at radius 2 is 2.09 bits per heavy atom. The lowest BCUT2D eigenvalue weighted by atomic mass is 9.89. The summed E-state index contributed by atoms with van der Waals surface area (Å²) in [6, 6.07) is 7.15. The number of hydrogen-bond donors (Lipinski definition) is 2. The molecule has 178 valence electrons. The molecule has 2 aromatic heterocycles. The minimum atomic E-state index is 0.0314. The fourth-order valence-electron chi connectivity index (χ4n) is 5.30. The molecule has 2 fully saturated rings. The predicted molar refractivity (Wildman–Crippen MR) is 137 cm³/mol. The van der Waals surface area contributed by atoms with E-state index in [2.05, 4.69) is 51.9 Å². The summed E-state index contributed by atoms with van der Waals surface area (Å²) in [6.45, 7) is 9.06. The number of halogens is 1. The van der Waals surface area contributed by atoms with Crippen molar-refractivity contribution in [1.82, 2.24) is 24.8 Å². The van der Waals surface area contributed by atoms with Gasteiger partial charge in [0.1, 0.15) is 0 Å². The van der Waals surface area contributed by atoms with Gasteiger partial charge in [-0.15, -0.1) is 0 Å². The highest BCUT2D eigenvalue weighted by Crippen LogP contribution is 2.33. The van der Waals surface area contributed by atoms with Gasteiger partial charge in [-0.25, -0.2) is 9.97 Å². The van der Waals surface area contributed by atoms with Crippen molar-refractivity contribution >= 4 is 34.4 Å². The molecule has 2 N–H and O–H groups in total. The van der Waals surface area contributed by atoms with Crippen molar-refractivity contribution in [2.45, 2.75) is 44.7 Å². The zero-order valence-corrected chi connectivity index (χ0v) is 20.3. The number of carbonyl (C=O) groups is 1. The standard InChI is InChI=1S/C26H31ClN6O/c1-3-24(34)33-11-9-32(10-12-33)19-6-4-5-18(14-19)30-26-29-16-22(27)25(31-26)21-15-28-23-8-7-17(2)13-20(21)23/h3,7-8,13,15-16,18-19,28H,1,4-6,9-12,14H2,2H3,(H,29,30,31)/t18-,19+/m1/s1. The Kier molecular flexibility index (Phi) is 6.57. The molecular weight excluding hydrogens is 448 g/mol. The Morgan fingerprint density at radius 1 is 1.26 bits per heavy atom. The molecule has 7 nitrogen and oxygen atoms in total.